The Hall–Kier alpha value is -2.02. The average molecular weight is 291 g/mol. The number of ether oxygens (including phenoxy) is 1. The lowest BCUT2D eigenvalue weighted by atomic mass is 10.2. The number of nitrogen functional groups attached to an aromatic ring is 1. The Morgan fingerprint density at radius 1 is 1.35 bits per heavy atom. The molecule has 106 valence electrons. The third-order valence-corrected chi connectivity index (χ3v) is 3.79. The number of aromatic nitrogens is 3. The summed E-state index contributed by atoms with van der Waals surface area (Å²) in [6, 6.07) is 7.18. The number of nitrogens with two attached hydrogens (primary N) is 1. The molecule has 0 aliphatic rings. The van der Waals surface area contributed by atoms with Gasteiger partial charge < -0.3 is 15.0 Å². The van der Waals surface area contributed by atoms with Gasteiger partial charge >= 0.3 is 0 Å². The van der Waals surface area contributed by atoms with Crippen molar-refractivity contribution in [2.45, 2.75) is 12.1 Å². The molecule has 0 unspecified atom stereocenters. The molecule has 0 amide bonds. The highest BCUT2D eigenvalue weighted by Crippen LogP contribution is 2.16. The summed E-state index contributed by atoms with van der Waals surface area (Å²) in [5.41, 5.74) is 6.09. The van der Waals surface area contributed by atoms with Gasteiger partial charge in [0.25, 0.3) is 0 Å². The van der Waals surface area contributed by atoms with Gasteiger partial charge in [0.05, 0.1) is 6.61 Å². The minimum absolute atomic E-state index is 0.0600. The topological polar surface area (TPSA) is 89.8 Å². The number of hydrogen-bond donors (Lipinski definition) is 2. The summed E-state index contributed by atoms with van der Waals surface area (Å²) >= 11 is 1.61. The molecule has 0 atom stereocenters. The van der Waals surface area contributed by atoms with Crippen LogP contribution in [0, 0.1) is 12.3 Å². The maximum absolute atomic E-state index is 7.31. The minimum Gasteiger partial charge on any atom is -0.493 e. The zero-order valence-corrected chi connectivity index (χ0v) is 12.3. The number of aryl methyl sites for hydroxylation is 1. The first-order chi connectivity index (χ1) is 9.58. The van der Waals surface area contributed by atoms with E-state index in [1.54, 1.807) is 23.9 Å². The van der Waals surface area contributed by atoms with E-state index in [4.69, 9.17) is 15.9 Å². The van der Waals surface area contributed by atoms with Crippen LogP contribution >= 0.6 is 11.8 Å². The Balaban J connectivity index is 1.78. The number of nitrogens with zero attached hydrogens (tertiary/aromatic N) is 3. The van der Waals surface area contributed by atoms with Crippen LogP contribution in [0.1, 0.15) is 11.4 Å². The van der Waals surface area contributed by atoms with Crippen LogP contribution < -0.4 is 10.5 Å². The molecule has 20 heavy (non-hydrogen) atoms. The second-order valence-electron chi connectivity index (χ2n) is 4.22. The summed E-state index contributed by atoms with van der Waals surface area (Å²) in [6.45, 7) is 2.50. The SMILES string of the molecule is Cc1nnc(SCCOc2ccc(C(=N)N)cc2)n1C. The van der Waals surface area contributed by atoms with E-state index in [2.05, 4.69) is 10.2 Å². The largest absolute Gasteiger partial charge is 0.493 e. The van der Waals surface area contributed by atoms with Crippen molar-refractivity contribution in [3.8, 4) is 5.75 Å². The van der Waals surface area contributed by atoms with Crippen LogP contribution in [-0.4, -0.2) is 33.0 Å². The molecule has 0 saturated heterocycles. The van der Waals surface area contributed by atoms with Gasteiger partial charge in [0, 0.05) is 18.4 Å². The molecule has 1 aromatic carbocycles. The molecule has 0 aliphatic carbocycles. The fourth-order valence-corrected chi connectivity index (χ4v) is 2.31. The van der Waals surface area contributed by atoms with Crippen molar-refractivity contribution in [2.75, 3.05) is 12.4 Å². The number of thioether (sulfide) groups is 1. The van der Waals surface area contributed by atoms with Crippen LogP contribution in [-0.2, 0) is 7.05 Å². The van der Waals surface area contributed by atoms with Gasteiger partial charge in [0.15, 0.2) is 5.16 Å². The molecule has 2 rings (SSSR count). The summed E-state index contributed by atoms with van der Waals surface area (Å²) in [6.07, 6.45) is 0. The van der Waals surface area contributed by atoms with E-state index in [0.717, 1.165) is 22.5 Å². The van der Waals surface area contributed by atoms with E-state index in [0.29, 0.717) is 12.2 Å². The Morgan fingerprint density at radius 2 is 2.05 bits per heavy atom. The third-order valence-electron chi connectivity index (χ3n) is 2.80. The fraction of sp³-hybridized carbons (Fsp3) is 0.308. The number of amidine groups is 1. The third kappa shape index (κ3) is 3.51. The van der Waals surface area contributed by atoms with Crippen molar-refractivity contribution < 1.29 is 4.74 Å². The maximum Gasteiger partial charge on any atom is 0.191 e. The lowest BCUT2D eigenvalue weighted by molar-refractivity contribution is 0.344. The molecule has 1 heterocycles. The van der Waals surface area contributed by atoms with Gasteiger partial charge in [-0.25, -0.2) is 0 Å². The van der Waals surface area contributed by atoms with Crippen LogP contribution in [0.4, 0.5) is 0 Å². The lowest BCUT2D eigenvalue weighted by Gasteiger charge is -2.06. The van der Waals surface area contributed by atoms with Crippen molar-refractivity contribution in [3.05, 3.63) is 35.7 Å². The van der Waals surface area contributed by atoms with E-state index < -0.39 is 0 Å². The first-order valence-electron chi connectivity index (χ1n) is 6.14. The Bertz CT molecular complexity index is 593. The number of rotatable bonds is 6. The molecule has 7 heteroatoms. The van der Waals surface area contributed by atoms with E-state index in [1.165, 1.54) is 0 Å². The Kier molecular flexibility index (Phi) is 4.62. The van der Waals surface area contributed by atoms with Crippen LogP contribution in [0.3, 0.4) is 0 Å². The number of nitrogens with one attached hydrogen (secondary N) is 1. The molecule has 1 aromatic heterocycles. The molecule has 0 saturated carbocycles. The molecule has 0 fully saturated rings. The Labute approximate surface area is 121 Å². The van der Waals surface area contributed by atoms with Crippen LogP contribution in [0.15, 0.2) is 29.4 Å². The standard InChI is InChI=1S/C13H17N5OS/c1-9-16-17-13(18(9)2)20-8-7-19-11-5-3-10(4-6-11)12(14)15/h3-6H,7-8H2,1-2H3,(H3,14,15). The monoisotopic (exact) mass is 291 g/mol. The maximum atomic E-state index is 7.31. The van der Waals surface area contributed by atoms with Crippen molar-refractivity contribution in [1.29, 1.82) is 5.41 Å². The molecule has 3 N–H and O–H groups in total. The number of benzene rings is 1. The van der Waals surface area contributed by atoms with Crippen LogP contribution in [0.2, 0.25) is 0 Å². The van der Waals surface area contributed by atoms with Gasteiger partial charge in [-0.2, -0.15) is 0 Å². The summed E-state index contributed by atoms with van der Waals surface area (Å²) in [7, 11) is 1.94. The first-order valence-corrected chi connectivity index (χ1v) is 7.12. The number of hydrogen-bond acceptors (Lipinski definition) is 5. The van der Waals surface area contributed by atoms with Crippen molar-refractivity contribution in [3.63, 3.8) is 0 Å². The van der Waals surface area contributed by atoms with Crippen LogP contribution in [0.5, 0.6) is 5.75 Å². The summed E-state index contributed by atoms with van der Waals surface area (Å²) in [4.78, 5) is 0. The highest BCUT2D eigenvalue weighted by atomic mass is 32.2. The average Bonchev–Trinajstić information content (AvgIpc) is 2.76. The van der Waals surface area contributed by atoms with Gasteiger partial charge in [0.1, 0.15) is 17.4 Å². The van der Waals surface area contributed by atoms with E-state index >= 15 is 0 Å². The van der Waals surface area contributed by atoms with Crippen molar-refractivity contribution >= 4 is 17.6 Å². The molecule has 6 nitrogen and oxygen atoms in total. The van der Waals surface area contributed by atoms with Gasteiger partial charge in [-0.15, -0.1) is 10.2 Å². The Morgan fingerprint density at radius 3 is 2.60 bits per heavy atom. The minimum atomic E-state index is 0.0600. The zero-order chi connectivity index (χ0) is 14.5. The van der Waals surface area contributed by atoms with Gasteiger partial charge in [-0.3, -0.25) is 5.41 Å². The first kappa shape index (κ1) is 14.4. The second-order valence-corrected chi connectivity index (χ2v) is 5.29. The summed E-state index contributed by atoms with van der Waals surface area (Å²) in [5, 5.41) is 16.3. The molecular weight excluding hydrogens is 274 g/mol. The predicted molar refractivity (Wildman–Crippen MR) is 79.4 cm³/mol. The van der Waals surface area contributed by atoms with Crippen molar-refractivity contribution in [2.24, 2.45) is 12.8 Å². The summed E-state index contributed by atoms with van der Waals surface area (Å²) < 4.78 is 7.57. The normalized spacial score (nSPS) is 10.5. The van der Waals surface area contributed by atoms with E-state index in [1.807, 2.05) is 30.7 Å². The van der Waals surface area contributed by atoms with Gasteiger partial charge in [0.2, 0.25) is 0 Å². The second kappa shape index (κ2) is 6.42. The zero-order valence-electron chi connectivity index (χ0n) is 11.5. The quantitative estimate of drug-likeness (QED) is 0.365. The lowest BCUT2D eigenvalue weighted by Crippen LogP contribution is -2.10. The van der Waals surface area contributed by atoms with E-state index in [-0.39, 0.29) is 5.84 Å². The molecule has 0 spiro atoms. The fourth-order valence-electron chi connectivity index (χ4n) is 1.54. The predicted octanol–water partition coefficient (Wildman–Crippen LogP) is 1.58. The van der Waals surface area contributed by atoms with Gasteiger partial charge in [-0.1, -0.05) is 11.8 Å². The molecule has 0 aliphatic heterocycles. The van der Waals surface area contributed by atoms with Crippen LogP contribution in [0.25, 0.3) is 0 Å². The highest BCUT2D eigenvalue weighted by molar-refractivity contribution is 7.99. The van der Waals surface area contributed by atoms with Gasteiger partial charge in [-0.05, 0) is 31.2 Å². The molecule has 2 aromatic rings. The highest BCUT2D eigenvalue weighted by Gasteiger charge is 2.05. The molecule has 0 radical (unpaired) electrons. The van der Waals surface area contributed by atoms with E-state index in [9.17, 15) is 0 Å². The smallest absolute Gasteiger partial charge is 0.191 e. The molecule has 0 bridgehead atoms. The molecular formula is C13H17N5OS. The van der Waals surface area contributed by atoms with Crippen molar-refractivity contribution in [1.82, 2.24) is 14.8 Å². The summed E-state index contributed by atoms with van der Waals surface area (Å²) in [5.74, 6) is 2.52.